The number of ether oxygens (including phenoxy) is 1. The van der Waals surface area contributed by atoms with Gasteiger partial charge in [0, 0.05) is 0 Å². The van der Waals surface area contributed by atoms with Crippen molar-refractivity contribution in [1.82, 2.24) is 5.32 Å². The highest BCUT2D eigenvalue weighted by Crippen LogP contribution is 2.31. The van der Waals surface area contributed by atoms with E-state index < -0.39 is 6.04 Å². The van der Waals surface area contributed by atoms with Gasteiger partial charge in [0.15, 0.2) is 5.43 Å². The van der Waals surface area contributed by atoms with Crippen LogP contribution in [0.3, 0.4) is 0 Å². The van der Waals surface area contributed by atoms with E-state index >= 15 is 0 Å². The second kappa shape index (κ2) is 7.27. The maximum Gasteiger partial charge on any atom is 0.288 e. The first-order valence-corrected chi connectivity index (χ1v) is 9.28. The molecule has 0 radical (unpaired) electrons. The Labute approximate surface area is 157 Å². The van der Waals surface area contributed by atoms with Crippen LogP contribution in [0.15, 0.2) is 57.7 Å². The number of fused-ring (bicyclic) bond motifs is 2. The van der Waals surface area contributed by atoms with Crippen molar-refractivity contribution in [2.24, 2.45) is 0 Å². The minimum atomic E-state index is -0.512. The quantitative estimate of drug-likeness (QED) is 0.667. The fraction of sp³-hybridized carbons (Fsp3) is 0.273. The molecule has 5 heteroatoms. The zero-order valence-corrected chi connectivity index (χ0v) is 15.2. The van der Waals surface area contributed by atoms with Crippen molar-refractivity contribution in [2.45, 2.75) is 32.2 Å². The summed E-state index contributed by atoms with van der Waals surface area (Å²) in [4.78, 5) is 25.3. The Bertz CT molecular complexity index is 1040. The number of nitrogens with one attached hydrogen (secondary N) is 1. The van der Waals surface area contributed by atoms with E-state index in [9.17, 15) is 9.59 Å². The Morgan fingerprint density at radius 2 is 1.81 bits per heavy atom. The third-order valence-electron chi connectivity index (χ3n) is 4.83. The van der Waals surface area contributed by atoms with Crippen LogP contribution in [-0.4, -0.2) is 12.5 Å². The maximum absolute atomic E-state index is 12.9. The van der Waals surface area contributed by atoms with E-state index in [2.05, 4.69) is 12.2 Å². The van der Waals surface area contributed by atoms with E-state index in [1.807, 2.05) is 24.3 Å². The van der Waals surface area contributed by atoms with E-state index in [4.69, 9.17) is 9.15 Å². The molecule has 1 N–H and O–H groups in total. The van der Waals surface area contributed by atoms with Crippen molar-refractivity contribution in [3.63, 3.8) is 0 Å². The number of benzene rings is 2. The molecule has 0 saturated heterocycles. The van der Waals surface area contributed by atoms with Crippen LogP contribution in [-0.2, 0) is 0 Å². The van der Waals surface area contributed by atoms with Gasteiger partial charge in [0.2, 0.25) is 5.76 Å². The molecule has 3 aromatic rings. The molecule has 1 amide bonds. The summed E-state index contributed by atoms with van der Waals surface area (Å²) in [5, 5.41) is 3.34. The zero-order chi connectivity index (χ0) is 18.8. The minimum Gasteiger partial charge on any atom is -0.494 e. The first-order valence-electron chi connectivity index (χ1n) is 9.28. The molecule has 27 heavy (non-hydrogen) atoms. The van der Waals surface area contributed by atoms with E-state index in [1.54, 1.807) is 24.3 Å². The van der Waals surface area contributed by atoms with E-state index in [1.165, 1.54) is 0 Å². The summed E-state index contributed by atoms with van der Waals surface area (Å²) in [5.41, 5.74) is 1.45. The van der Waals surface area contributed by atoms with Crippen LogP contribution in [0.1, 0.15) is 53.9 Å². The number of unbranched alkanes of at least 4 members (excludes halogenated alkanes) is 2. The van der Waals surface area contributed by atoms with E-state index in [0.29, 0.717) is 23.1 Å². The summed E-state index contributed by atoms with van der Waals surface area (Å²) in [6, 6.07) is 14.0. The van der Waals surface area contributed by atoms with Crippen LogP contribution < -0.4 is 15.5 Å². The number of rotatable bonds is 6. The van der Waals surface area contributed by atoms with E-state index in [0.717, 1.165) is 30.6 Å². The van der Waals surface area contributed by atoms with Crippen molar-refractivity contribution in [1.29, 1.82) is 0 Å². The van der Waals surface area contributed by atoms with Crippen molar-refractivity contribution in [2.75, 3.05) is 6.61 Å². The maximum atomic E-state index is 12.9. The van der Waals surface area contributed by atoms with Crippen molar-refractivity contribution in [3.8, 4) is 5.75 Å². The summed E-state index contributed by atoms with van der Waals surface area (Å²) in [6.07, 6.45) is 3.32. The fourth-order valence-electron chi connectivity index (χ4n) is 3.40. The van der Waals surface area contributed by atoms with Gasteiger partial charge in [-0.05, 0) is 36.2 Å². The highest BCUT2D eigenvalue weighted by molar-refractivity contribution is 5.98. The molecule has 4 rings (SSSR count). The lowest BCUT2D eigenvalue weighted by atomic mass is 9.99. The molecule has 138 valence electrons. The summed E-state index contributed by atoms with van der Waals surface area (Å²) in [7, 11) is 0. The molecular weight excluding hydrogens is 342 g/mol. The highest BCUT2D eigenvalue weighted by Gasteiger charge is 2.35. The molecule has 1 unspecified atom stereocenters. The predicted octanol–water partition coefficient (Wildman–Crippen LogP) is 4.19. The molecule has 1 aromatic heterocycles. The lowest BCUT2D eigenvalue weighted by molar-refractivity contribution is 0.0938. The van der Waals surface area contributed by atoms with Crippen molar-refractivity contribution < 1.29 is 13.9 Å². The zero-order valence-electron chi connectivity index (χ0n) is 15.2. The van der Waals surface area contributed by atoms with Crippen LogP contribution in [0, 0.1) is 0 Å². The van der Waals surface area contributed by atoms with Crippen LogP contribution >= 0.6 is 0 Å². The monoisotopic (exact) mass is 363 g/mol. The molecule has 1 atom stereocenters. The van der Waals surface area contributed by atoms with Gasteiger partial charge in [-0.1, -0.05) is 44.0 Å². The molecule has 0 fully saturated rings. The van der Waals surface area contributed by atoms with Crippen LogP contribution in [0.4, 0.5) is 0 Å². The molecule has 2 heterocycles. The van der Waals surface area contributed by atoms with Gasteiger partial charge in [0.1, 0.15) is 11.3 Å². The standard InChI is InChI=1S/C22H21NO4/c1-2-3-6-13-26-15-11-9-14(10-12-15)19-18-20(24)16-7-4-5-8-17(16)27-21(18)22(25)23-19/h4-5,7-12,19H,2-3,6,13H2,1H3,(H,23,25). The molecule has 1 aliphatic rings. The number of carbonyl (C=O) groups is 1. The minimum absolute atomic E-state index is 0.101. The topological polar surface area (TPSA) is 68.5 Å². The Morgan fingerprint density at radius 3 is 2.59 bits per heavy atom. The first kappa shape index (κ1) is 17.3. The first-order chi connectivity index (χ1) is 13.2. The Kier molecular flexibility index (Phi) is 4.67. The second-order valence-electron chi connectivity index (χ2n) is 6.70. The van der Waals surface area contributed by atoms with Gasteiger partial charge in [0.05, 0.1) is 23.6 Å². The Balaban J connectivity index is 1.64. The van der Waals surface area contributed by atoms with Crippen LogP contribution in [0.2, 0.25) is 0 Å². The van der Waals surface area contributed by atoms with Gasteiger partial charge in [0.25, 0.3) is 5.91 Å². The summed E-state index contributed by atoms with van der Waals surface area (Å²) in [6.45, 7) is 2.84. The van der Waals surface area contributed by atoms with Crippen molar-refractivity contribution >= 4 is 16.9 Å². The third kappa shape index (κ3) is 3.21. The molecule has 0 aliphatic carbocycles. The molecule has 2 aromatic carbocycles. The van der Waals surface area contributed by atoms with Gasteiger partial charge in [-0.15, -0.1) is 0 Å². The number of amides is 1. The molecular formula is C22H21NO4. The summed E-state index contributed by atoms with van der Waals surface area (Å²) in [5.74, 6) is 0.520. The van der Waals surface area contributed by atoms with Gasteiger partial charge < -0.3 is 14.5 Å². The summed E-state index contributed by atoms with van der Waals surface area (Å²) >= 11 is 0. The van der Waals surface area contributed by atoms with Gasteiger partial charge >= 0.3 is 0 Å². The number of para-hydroxylation sites is 1. The average molecular weight is 363 g/mol. The second-order valence-corrected chi connectivity index (χ2v) is 6.70. The smallest absolute Gasteiger partial charge is 0.288 e. The molecule has 1 aliphatic heterocycles. The fourth-order valence-corrected chi connectivity index (χ4v) is 3.40. The molecule has 5 nitrogen and oxygen atoms in total. The van der Waals surface area contributed by atoms with Crippen LogP contribution in [0.5, 0.6) is 5.75 Å². The predicted molar refractivity (Wildman–Crippen MR) is 103 cm³/mol. The normalized spacial score (nSPS) is 15.6. The summed E-state index contributed by atoms with van der Waals surface area (Å²) < 4.78 is 11.4. The third-order valence-corrected chi connectivity index (χ3v) is 4.83. The van der Waals surface area contributed by atoms with Gasteiger partial charge in [-0.3, -0.25) is 9.59 Å². The highest BCUT2D eigenvalue weighted by atomic mass is 16.5. The lowest BCUT2D eigenvalue weighted by Gasteiger charge is -2.13. The van der Waals surface area contributed by atoms with Crippen LogP contribution in [0.25, 0.3) is 11.0 Å². The van der Waals surface area contributed by atoms with Gasteiger partial charge in [-0.25, -0.2) is 0 Å². The molecule has 0 spiro atoms. The lowest BCUT2D eigenvalue weighted by Crippen LogP contribution is -2.21. The largest absolute Gasteiger partial charge is 0.494 e. The number of hydrogen-bond donors (Lipinski definition) is 1. The molecule has 0 saturated carbocycles. The number of hydrogen-bond acceptors (Lipinski definition) is 4. The number of carbonyl (C=O) groups excluding carboxylic acids is 1. The average Bonchev–Trinajstić information content (AvgIpc) is 3.03. The SMILES string of the molecule is CCCCCOc1ccc(C2NC(=O)c3oc4ccccc4c(=O)c32)cc1. The Hall–Kier alpha value is -3.08. The van der Waals surface area contributed by atoms with Gasteiger partial charge in [-0.2, -0.15) is 0 Å². The molecule has 0 bridgehead atoms. The van der Waals surface area contributed by atoms with Crippen molar-refractivity contribution in [3.05, 3.63) is 75.6 Å². The van der Waals surface area contributed by atoms with E-state index in [-0.39, 0.29) is 17.1 Å². The Morgan fingerprint density at radius 1 is 1.04 bits per heavy atom.